The maximum Gasteiger partial charge on any atom is 0.254 e. The molecule has 17 heavy (non-hydrogen) atoms. The lowest BCUT2D eigenvalue weighted by Crippen LogP contribution is -2.35. The van der Waals surface area contributed by atoms with Gasteiger partial charge in [0, 0.05) is 24.2 Å². The second-order valence-corrected chi connectivity index (χ2v) is 3.48. The van der Waals surface area contributed by atoms with Crippen molar-refractivity contribution in [3.63, 3.8) is 0 Å². The molecule has 5 heteroatoms. The lowest BCUT2D eigenvalue weighted by molar-refractivity contribution is 0.0684. The molecule has 92 valence electrons. The molecule has 0 unspecified atom stereocenters. The van der Waals surface area contributed by atoms with E-state index < -0.39 is 0 Å². The Morgan fingerprint density at radius 2 is 1.65 bits per heavy atom. The monoisotopic (exact) mass is 237 g/mol. The maximum atomic E-state index is 11.9. The first-order chi connectivity index (χ1) is 8.22. The Morgan fingerprint density at radius 3 is 2.06 bits per heavy atom. The standard InChI is InChI=1S/C12H15NO4/c14-7-5-13(6-8-15)12(17)11-3-1-10(9-16)2-4-11/h1-4,9,14-15H,5-8H2. The summed E-state index contributed by atoms with van der Waals surface area (Å²) in [6.07, 6.45) is 0.702. The molecule has 0 aliphatic rings. The van der Waals surface area contributed by atoms with Gasteiger partial charge in [0.25, 0.3) is 5.91 Å². The number of rotatable bonds is 6. The van der Waals surface area contributed by atoms with E-state index in [1.807, 2.05) is 0 Å². The highest BCUT2D eigenvalue weighted by atomic mass is 16.3. The van der Waals surface area contributed by atoms with Gasteiger partial charge in [-0.3, -0.25) is 9.59 Å². The van der Waals surface area contributed by atoms with Crippen LogP contribution in [0.3, 0.4) is 0 Å². The molecule has 0 spiro atoms. The van der Waals surface area contributed by atoms with Crippen LogP contribution in [0, 0.1) is 0 Å². The van der Waals surface area contributed by atoms with Crippen LogP contribution in [0.15, 0.2) is 24.3 Å². The Balaban J connectivity index is 2.80. The van der Waals surface area contributed by atoms with Crippen molar-refractivity contribution in [2.45, 2.75) is 0 Å². The van der Waals surface area contributed by atoms with Crippen molar-refractivity contribution in [1.82, 2.24) is 4.90 Å². The molecule has 1 aromatic rings. The first-order valence-electron chi connectivity index (χ1n) is 5.29. The summed E-state index contributed by atoms with van der Waals surface area (Å²) in [6.45, 7) is 0.0416. The molecule has 0 aliphatic carbocycles. The average Bonchev–Trinajstić information content (AvgIpc) is 2.38. The van der Waals surface area contributed by atoms with Crippen LogP contribution >= 0.6 is 0 Å². The molecule has 0 bridgehead atoms. The molecule has 1 aromatic carbocycles. The SMILES string of the molecule is O=Cc1ccc(C(=O)N(CCO)CCO)cc1. The number of nitrogens with zero attached hydrogens (tertiary/aromatic N) is 1. The quantitative estimate of drug-likeness (QED) is 0.679. The summed E-state index contributed by atoms with van der Waals surface area (Å²) in [6, 6.07) is 6.20. The Kier molecular flexibility index (Phi) is 5.32. The first-order valence-corrected chi connectivity index (χ1v) is 5.29. The lowest BCUT2D eigenvalue weighted by atomic mass is 10.1. The lowest BCUT2D eigenvalue weighted by Gasteiger charge is -2.20. The van der Waals surface area contributed by atoms with Gasteiger partial charge in [0.05, 0.1) is 13.2 Å². The van der Waals surface area contributed by atoms with Crippen molar-refractivity contribution in [1.29, 1.82) is 0 Å². The van der Waals surface area contributed by atoms with E-state index in [-0.39, 0.29) is 32.2 Å². The van der Waals surface area contributed by atoms with Crippen molar-refractivity contribution >= 4 is 12.2 Å². The minimum atomic E-state index is -0.273. The van der Waals surface area contributed by atoms with Crippen LogP contribution in [-0.2, 0) is 0 Å². The van der Waals surface area contributed by atoms with Crippen LogP contribution in [0.2, 0.25) is 0 Å². The smallest absolute Gasteiger partial charge is 0.254 e. The van der Waals surface area contributed by atoms with Gasteiger partial charge >= 0.3 is 0 Å². The number of aliphatic hydroxyl groups is 2. The van der Waals surface area contributed by atoms with Gasteiger partial charge in [-0.05, 0) is 12.1 Å². The van der Waals surface area contributed by atoms with E-state index in [1.54, 1.807) is 24.3 Å². The number of hydrogen-bond acceptors (Lipinski definition) is 4. The van der Waals surface area contributed by atoms with Gasteiger partial charge in [0.2, 0.25) is 0 Å². The molecular weight excluding hydrogens is 222 g/mol. The van der Waals surface area contributed by atoms with Gasteiger partial charge in [-0.1, -0.05) is 12.1 Å². The van der Waals surface area contributed by atoms with Crippen molar-refractivity contribution < 1.29 is 19.8 Å². The highest BCUT2D eigenvalue weighted by molar-refractivity contribution is 5.94. The van der Waals surface area contributed by atoms with Crippen LogP contribution in [0.5, 0.6) is 0 Å². The summed E-state index contributed by atoms with van der Waals surface area (Å²) in [5, 5.41) is 17.6. The van der Waals surface area contributed by atoms with E-state index in [9.17, 15) is 9.59 Å². The van der Waals surface area contributed by atoms with Gasteiger partial charge < -0.3 is 15.1 Å². The molecule has 1 rings (SSSR count). The Hall–Kier alpha value is -1.72. The molecule has 0 saturated heterocycles. The molecule has 0 aliphatic heterocycles. The van der Waals surface area contributed by atoms with Gasteiger partial charge in [0.15, 0.2) is 0 Å². The second-order valence-electron chi connectivity index (χ2n) is 3.48. The third-order valence-corrected chi connectivity index (χ3v) is 2.32. The summed E-state index contributed by atoms with van der Waals surface area (Å²) >= 11 is 0. The second kappa shape index (κ2) is 6.78. The van der Waals surface area contributed by atoms with E-state index in [1.165, 1.54) is 4.90 Å². The zero-order chi connectivity index (χ0) is 12.7. The molecule has 0 saturated carbocycles. The number of aliphatic hydroxyl groups excluding tert-OH is 2. The Labute approximate surface area is 99.3 Å². The zero-order valence-electron chi connectivity index (χ0n) is 9.37. The van der Waals surface area contributed by atoms with Gasteiger partial charge in [-0.2, -0.15) is 0 Å². The summed E-state index contributed by atoms with van der Waals surface area (Å²) in [4.78, 5) is 23.8. The fraction of sp³-hybridized carbons (Fsp3) is 0.333. The topological polar surface area (TPSA) is 77.8 Å². The minimum absolute atomic E-state index is 0.155. The van der Waals surface area contributed by atoms with Crippen molar-refractivity contribution in [3.8, 4) is 0 Å². The third-order valence-electron chi connectivity index (χ3n) is 2.32. The van der Waals surface area contributed by atoms with Crippen LogP contribution in [0.25, 0.3) is 0 Å². The number of benzene rings is 1. The number of carbonyl (C=O) groups excluding carboxylic acids is 2. The van der Waals surface area contributed by atoms with Gasteiger partial charge in [-0.15, -0.1) is 0 Å². The van der Waals surface area contributed by atoms with Gasteiger partial charge in [-0.25, -0.2) is 0 Å². The summed E-state index contributed by atoms with van der Waals surface area (Å²) in [7, 11) is 0. The van der Waals surface area contributed by atoms with Crippen molar-refractivity contribution in [3.05, 3.63) is 35.4 Å². The van der Waals surface area contributed by atoms with E-state index in [4.69, 9.17) is 10.2 Å². The van der Waals surface area contributed by atoms with E-state index in [2.05, 4.69) is 0 Å². The van der Waals surface area contributed by atoms with Crippen LogP contribution < -0.4 is 0 Å². The van der Waals surface area contributed by atoms with Crippen LogP contribution in [-0.4, -0.2) is 53.6 Å². The van der Waals surface area contributed by atoms with Crippen molar-refractivity contribution in [2.24, 2.45) is 0 Å². The van der Waals surface area contributed by atoms with E-state index >= 15 is 0 Å². The van der Waals surface area contributed by atoms with Crippen LogP contribution in [0.1, 0.15) is 20.7 Å². The largest absolute Gasteiger partial charge is 0.395 e. The molecule has 0 radical (unpaired) electrons. The zero-order valence-corrected chi connectivity index (χ0v) is 9.37. The molecule has 0 fully saturated rings. The van der Waals surface area contributed by atoms with Crippen molar-refractivity contribution in [2.75, 3.05) is 26.3 Å². The maximum absolute atomic E-state index is 11.9. The fourth-order valence-corrected chi connectivity index (χ4v) is 1.44. The van der Waals surface area contributed by atoms with Crippen LogP contribution in [0.4, 0.5) is 0 Å². The predicted octanol–water partition coefficient (Wildman–Crippen LogP) is -0.0741. The number of amides is 1. The average molecular weight is 237 g/mol. The van der Waals surface area contributed by atoms with Gasteiger partial charge in [0.1, 0.15) is 6.29 Å². The summed E-state index contributed by atoms with van der Waals surface area (Å²) < 4.78 is 0. The molecule has 0 heterocycles. The summed E-state index contributed by atoms with van der Waals surface area (Å²) in [5.41, 5.74) is 0.926. The Bertz CT molecular complexity index is 369. The van der Waals surface area contributed by atoms with E-state index in [0.717, 1.165) is 0 Å². The molecule has 5 nitrogen and oxygen atoms in total. The molecule has 0 aromatic heterocycles. The minimum Gasteiger partial charge on any atom is -0.395 e. The molecule has 2 N–H and O–H groups in total. The molecular formula is C12H15NO4. The molecule has 1 amide bonds. The molecule has 0 atom stereocenters. The number of hydrogen-bond donors (Lipinski definition) is 2. The highest BCUT2D eigenvalue weighted by Gasteiger charge is 2.14. The number of carbonyl (C=O) groups is 2. The fourth-order valence-electron chi connectivity index (χ4n) is 1.44. The number of aldehydes is 1. The normalized spacial score (nSPS) is 10.0. The van der Waals surface area contributed by atoms with E-state index in [0.29, 0.717) is 17.4 Å². The Morgan fingerprint density at radius 1 is 1.12 bits per heavy atom. The first kappa shape index (κ1) is 13.3. The summed E-state index contributed by atoms with van der Waals surface area (Å²) in [5.74, 6) is -0.273. The third kappa shape index (κ3) is 3.65. The highest BCUT2D eigenvalue weighted by Crippen LogP contribution is 2.06. The predicted molar refractivity (Wildman–Crippen MR) is 61.9 cm³/mol.